The second-order valence-corrected chi connectivity index (χ2v) is 10.2. The van der Waals surface area contributed by atoms with Crippen LogP contribution in [0.3, 0.4) is 0 Å². The van der Waals surface area contributed by atoms with E-state index in [1.165, 1.54) is 4.90 Å². The summed E-state index contributed by atoms with van der Waals surface area (Å²) >= 11 is 16.1. The maximum absolute atomic E-state index is 13.6. The Labute approximate surface area is 208 Å². The monoisotopic (exact) mass is 540 g/mol. The summed E-state index contributed by atoms with van der Waals surface area (Å²) in [6.45, 7) is 0.399. The van der Waals surface area contributed by atoms with Crippen molar-refractivity contribution < 1.29 is 9.59 Å². The van der Waals surface area contributed by atoms with Gasteiger partial charge in [0, 0.05) is 15.1 Å². The number of carbonyl (C=O) groups excluding carboxylic acids is 2. The van der Waals surface area contributed by atoms with E-state index in [9.17, 15) is 9.59 Å². The number of anilines is 2. The molecule has 1 fully saturated rings. The fourth-order valence-electron chi connectivity index (χ4n) is 3.81. The number of benzene rings is 3. The summed E-state index contributed by atoms with van der Waals surface area (Å²) in [4.78, 5) is 30.5. The van der Waals surface area contributed by atoms with Gasteiger partial charge in [-0.25, -0.2) is 0 Å². The van der Waals surface area contributed by atoms with Crippen molar-refractivity contribution in [2.45, 2.75) is 6.54 Å². The summed E-state index contributed by atoms with van der Waals surface area (Å²) in [5.41, 5.74) is 3.52. The molecule has 2 heterocycles. The number of nitrogens with zero attached hydrogens (tertiary/aromatic N) is 2. The molecule has 0 atom stereocenters. The lowest BCUT2D eigenvalue weighted by Gasteiger charge is -2.17. The van der Waals surface area contributed by atoms with Crippen LogP contribution < -0.4 is 9.80 Å². The summed E-state index contributed by atoms with van der Waals surface area (Å²) in [5, 5.41) is 0.570. The van der Waals surface area contributed by atoms with Crippen LogP contribution in [-0.4, -0.2) is 16.1 Å². The molecular formula is C24H14BrClN2O2S2. The molecule has 3 aromatic carbocycles. The predicted molar refractivity (Wildman–Crippen MR) is 138 cm³/mol. The largest absolute Gasteiger partial charge is 0.303 e. The van der Waals surface area contributed by atoms with Gasteiger partial charge in [0.2, 0.25) is 0 Å². The molecule has 0 radical (unpaired) electrons. The first-order chi connectivity index (χ1) is 15.4. The zero-order chi connectivity index (χ0) is 22.4. The summed E-state index contributed by atoms with van der Waals surface area (Å²) in [5.74, 6) is -0.507. The Morgan fingerprint density at radius 2 is 1.69 bits per heavy atom. The quantitative estimate of drug-likeness (QED) is 0.283. The van der Waals surface area contributed by atoms with Crippen molar-refractivity contribution in [3.05, 3.63) is 98.3 Å². The minimum absolute atomic E-state index is 0.206. The lowest BCUT2D eigenvalue weighted by atomic mass is 10.1. The topological polar surface area (TPSA) is 40.6 Å². The summed E-state index contributed by atoms with van der Waals surface area (Å²) in [6.07, 6.45) is 0. The van der Waals surface area contributed by atoms with Crippen molar-refractivity contribution >= 4 is 84.6 Å². The molecule has 0 aliphatic carbocycles. The SMILES string of the molecule is O=C1C(=C2SC(=S)N(c3ccc(Cl)cc3)C2=O)c2ccccc2N1Cc1cccc(Br)c1. The van der Waals surface area contributed by atoms with Crippen molar-refractivity contribution in [3.63, 3.8) is 0 Å². The van der Waals surface area contributed by atoms with Crippen LogP contribution in [0.4, 0.5) is 11.4 Å². The number of hydrogen-bond acceptors (Lipinski definition) is 4. The molecule has 2 aliphatic rings. The number of fused-ring (bicyclic) bond motifs is 1. The first-order valence-corrected chi connectivity index (χ1v) is 12.1. The molecule has 32 heavy (non-hydrogen) atoms. The number of thiocarbonyl (C=S) groups is 1. The van der Waals surface area contributed by atoms with Gasteiger partial charge in [-0.05, 0) is 48.0 Å². The van der Waals surface area contributed by atoms with Gasteiger partial charge in [-0.1, -0.05) is 81.8 Å². The van der Waals surface area contributed by atoms with Crippen molar-refractivity contribution in [3.8, 4) is 0 Å². The van der Waals surface area contributed by atoms with Crippen LogP contribution in [-0.2, 0) is 16.1 Å². The second kappa shape index (κ2) is 8.48. The van der Waals surface area contributed by atoms with Gasteiger partial charge in [0.25, 0.3) is 11.8 Å². The average molecular weight is 542 g/mol. The van der Waals surface area contributed by atoms with Gasteiger partial charge < -0.3 is 4.90 Å². The summed E-state index contributed by atoms with van der Waals surface area (Å²) in [6, 6.07) is 22.3. The molecule has 0 aromatic heterocycles. The van der Waals surface area contributed by atoms with E-state index in [0.29, 0.717) is 32.1 Å². The van der Waals surface area contributed by atoms with Gasteiger partial charge >= 0.3 is 0 Å². The predicted octanol–water partition coefficient (Wildman–Crippen LogP) is 6.43. The molecule has 0 N–H and O–H groups in total. The standard InChI is InChI=1S/C24H14BrClN2O2S2/c25-15-5-3-4-14(12-15)13-27-19-7-2-1-6-18(19)20(22(27)29)21-23(30)28(24(31)32-21)17-10-8-16(26)9-11-17/h1-12H,13H2. The van der Waals surface area contributed by atoms with E-state index in [1.54, 1.807) is 29.2 Å². The number of hydrogen-bond donors (Lipinski definition) is 0. The minimum atomic E-state index is -0.301. The zero-order valence-corrected chi connectivity index (χ0v) is 20.4. The number of thioether (sulfide) groups is 1. The van der Waals surface area contributed by atoms with Gasteiger partial charge in [-0.2, -0.15) is 0 Å². The third-order valence-corrected chi connectivity index (χ3v) is 7.35. The van der Waals surface area contributed by atoms with Crippen LogP contribution in [0.2, 0.25) is 5.02 Å². The van der Waals surface area contributed by atoms with Crippen molar-refractivity contribution in [1.29, 1.82) is 0 Å². The van der Waals surface area contributed by atoms with E-state index in [1.807, 2.05) is 48.5 Å². The molecule has 5 rings (SSSR count). The Bertz CT molecular complexity index is 1320. The van der Waals surface area contributed by atoms with Gasteiger partial charge in [0.05, 0.1) is 28.4 Å². The van der Waals surface area contributed by atoms with Crippen LogP contribution in [0.15, 0.2) is 82.2 Å². The number of halogens is 2. The Hall–Kier alpha value is -2.45. The molecule has 0 unspecified atom stereocenters. The lowest BCUT2D eigenvalue weighted by Crippen LogP contribution is -2.29. The molecule has 3 aromatic rings. The van der Waals surface area contributed by atoms with Crippen LogP contribution in [0, 0.1) is 0 Å². The van der Waals surface area contributed by atoms with Gasteiger partial charge in [0.15, 0.2) is 4.32 Å². The first-order valence-electron chi connectivity index (χ1n) is 9.66. The molecule has 2 amide bonds. The fraction of sp³-hybridized carbons (Fsp3) is 0.0417. The Kier molecular flexibility index (Phi) is 5.67. The molecule has 1 saturated heterocycles. The third kappa shape index (κ3) is 3.69. The number of para-hydroxylation sites is 1. The van der Waals surface area contributed by atoms with Crippen LogP contribution in [0.25, 0.3) is 5.57 Å². The van der Waals surface area contributed by atoms with E-state index >= 15 is 0 Å². The molecule has 158 valence electrons. The molecule has 0 bridgehead atoms. The summed E-state index contributed by atoms with van der Waals surface area (Å²) < 4.78 is 1.33. The van der Waals surface area contributed by atoms with E-state index in [2.05, 4.69) is 15.9 Å². The van der Waals surface area contributed by atoms with Gasteiger partial charge in [-0.15, -0.1) is 0 Å². The summed E-state index contributed by atoms with van der Waals surface area (Å²) in [7, 11) is 0. The van der Waals surface area contributed by atoms with Crippen molar-refractivity contribution in [2.75, 3.05) is 9.80 Å². The molecular weight excluding hydrogens is 528 g/mol. The second-order valence-electron chi connectivity index (χ2n) is 7.23. The van der Waals surface area contributed by atoms with Gasteiger partial charge in [0.1, 0.15) is 0 Å². The Balaban J connectivity index is 1.57. The Morgan fingerprint density at radius 3 is 2.44 bits per heavy atom. The zero-order valence-electron chi connectivity index (χ0n) is 16.4. The normalized spacial score (nSPS) is 18.0. The van der Waals surface area contributed by atoms with E-state index in [-0.39, 0.29) is 11.8 Å². The third-order valence-electron chi connectivity index (χ3n) is 5.23. The molecule has 2 aliphatic heterocycles. The average Bonchev–Trinajstić information content (AvgIpc) is 3.21. The smallest absolute Gasteiger partial charge is 0.271 e. The maximum atomic E-state index is 13.6. The van der Waals surface area contributed by atoms with Crippen molar-refractivity contribution in [1.82, 2.24) is 0 Å². The molecule has 8 heteroatoms. The van der Waals surface area contributed by atoms with E-state index in [0.717, 1.165) is 33.0 Å². The first kappa shape index (κ1) is 21.4. The maximum Gasteiger partial charge on any atom is 0.271 e. The Morgan fingerprint density at radius 1 is 0.938 bits per heavy atom. The van der Waals surface area contributed by atoms with E-state index in [4.69, 9.17) is 23.8 Å². The minimum Gasteiger partial charge on any atom is -0.303 e. The fourth-order valence-corrected chi connectivity index (χ4v) is 5.75. The molecule has 4 nitrogen and oxygen atoms in total. The number of amides is 2. The molecule has 0 saturated carbocycles. The number of carbonyl (C=O) groups is 2. The van der Waals surface area contributed by atoms with Crippen LogP contribution >= 0.6 is 51.5 Å². The molecule has 0 spiro atoms. The lowest BCUT2D eigenvalue weighted by molar-refractivity contribution is -0.115. The highest BCUT2D eigenvalue weighted by atomic mass is 79.9. The highest BCUT2D eigenvalue weighted by molar-refractivity contribution is 9.10. The van der Waals surface area contributed by atoms with E-state index < -0.39 is 0 Å². The van der Waals surface area contributed by atoms with Crippen molar-refractivity contribution in [2.24, 2.45) is 0 Å². The number of rotatable bonds is 3. The van der Waals surface area contributed by atoms with Gasteiger partial charge in [-0.3, -0.25) is 14.5 Å². The van der Waals surface area contributed by atoms with Crippen LogP contribution in [0.1, 0.15) is 11.1 Å². The van der Waals surface area contributed by atoms with Crippen LogP contribution in [0.5, 0.6) is 0 Å². The highest BCUT2D eigenvalue weighted by Gasteiger charge is 2.42. The highest BCUT2D eigenvalue weighted by Crippen LogP contribution is 2.46.